The number of carbonyl (C=O) groups is 2. The third-order valence-corrected chi connectivity index (χ3v) is 4.00. The molecule has 28 heavy (non-hydrogen) atoms. The van der Waals surface area contributed by atoms with Gasteiger partial charge in [0.05, 0.1) is 12.7 Å². The van der Waals surface area contributed by atoms with Crippen LogP contribution in [0.25, 0.3) is 11.5 Å². The molecular formula is C19H15N3O6. The number of rotatable bonds is 4. The topological polar surface area (TPSA) is 113 Å². The SMILES string of the molecule is COC(=O)c1ccc(C(=O)Nc2nnc(-c3ccc4c(c3)OCCO4)o2)cc1. The van der Waals surface area contributed by atoms with Gasteiger partial charge in [-0.2, -0.15) is 0 Å². The number of hydrogen-bond donors (Lipinski definition) is 1. The van der Waals surface area contributed by atoms with Crippen molar-refractivity contribution in [3.63, 3.8) is 0 Å². The summed E-state index contributed by atoms with van der Waals surface area (Å²) in [5.41, 5.74) is 1.31. The summed E-state index contributed by atoms with van der Waals surface area (Å²) in [6, 6.07) is 11.2. The van der Waals surface area contributed by atoms with Crippen LogP contribution in [0.1, 0.15) is 20.7 Å². The number of aromatic nitrogens is 2. The Morgan fingerprint density at radius 2 is 1.68 bits per heavy atom. The van der Waals surface area contributed by atoms with E-state index >= 15 is 0 Å². The quantitative estimate of drug-likeness (QED) is 0.686. The standard InChI is InChI=1S/C19H15N3O6/c1-25-18(24)12-4-2-11(3-5-12)16(23)20-19-22-21-17(28-19)13-6-7-14-15(10-13)27-9-8-26-14/h2-7,10H,8-9H2,1H3,(H,20,22,23). The van der Waals surface area contributed by atoms with Gasteiger partial charge in [0.1, 0.15) is 13.2 Å². The van der Waals surface area contributed by atoms with Crippen molar-refractivity contribution in [2.24, 2.45) is 0 Å². The van der Waals surface area contributed by atoms with E-state index in [1.807, 2.05) is 0 Å². The number of nitrogens with zero attached hydrogens (tertiary/aromatic N) is 2. The Morgan fingerprint density at radius 1 is 0.964 bits per heavy atom. The van der Waals surface area contributed by atoms with Crippen LogP contribution in [0.4, 0.5) is 6.01 Å². The fourth-order valence-electron chi connectivity index (χ4n) is 2.61. The van der Waals surface area contributed by atoms with E-state index in [2.05, 4.69) is 20.3 Å². The summed E-state index contributed by atoms with van der Waals surface area (Å²) in [5.74, 6) is 0.548. The molecule has 0 radical (unpaired) electrons. The first-order valence-electron chi connectivity index (χ1n) is 8.37. The van der Waals surface area contributed by atoms with E-state index in [9.17, 15) is 9.59 Å². The zero-order chi connectivity index (χ0) is 19.5. The Labute approximate surface area is 159 Å². The van der Waals surface area contributed by atoms with Gasteiger partial charge in [0.25, 0.3) is 5.91 Å². The number of ether oxygens (including phenoxy) is 3. The van der Waals surface area contributed by atoms with Crippen LogP contribution in [0.2, 0.25) is 0 Å². The Hall–Kier alpha value is -3.88. The minimum Gasteiger partial charge on any atom is -0.486 e. The van der Waals surface area contributed by atoms with Gasteiger partial charge in [0, 0.05) is 11.1 Å². The van der Waals surface area contributed by atoms with Crippen molar-refractivity contribution < 1.29 is 28.2 Å². The van der Waals surface area contributed by atoms with Crippen LogP contribution in [0.15, 0.2) is 46.9 Å². The molecule has 0 unspecified atom stereocenters. The molecule has 142 valence electrons. The van der Waals surface area contributed by atoms with E-state index in [0.717, 1.165) is 0 Å². The summed E-state index contributed by atoms with van der Waals surface area (Å²) in [6.07, 6.45) is 0. The Balaban J connectivity index is 1.47. The summed E-state index contributed by atoms with van der Waals surface area (Å²) in [4.78, 5) is 23.8. The molecule has 0 atom stereocenters. The first kappa shape index (κ1) is 17.5. The van der Waals surface area contributed by atoms with Crippen LogP contribution in [-0.4, -0.2) is 42.4 Å². The molecule has 1 N–H and O–H groups in total. The van der Waals surface area contributed by atoms with Crippen molar-refractivity contribution in [2.75, 3.05) is 25.6 Å². The van der Waals surface area contributed by atoms with Gasteiger partial charge in [-0.25, -0.2) is 4.79 Å². The number of anilines is 1. The monoisotopic (exact) mass is 381 g/mol. The highest BCUT2D eigenvalue weighted by Crippen LogP contribution is 2.34. The smallest absolute Gasteiger partial charge is 0.337 e. The first-order valence-corrected chi connectivity index (χ1v) is 8.37. The highest BCUT2D eigenvalue weighted by molar-refractivity contribution is 6.03. The number of benzene rings is 2. The lowest BCUT2D eigenvalue weighted by molar-refractivity contribution is 0.0600. The van der Waals surface area contributed by atoms with Crippen LogP contribution in [0, 0.1) is 0 Å². The fourth-order valence-corrected chi connectivity index (χ4v) is 2.61. The van der Waals surface area contributed by atoms with E-state index < -0.39 is 11.9 Å². The minimum absolute atomic E-state index is 0.0491. The van der Waals surface area contributed by atoms with Crippen molar-refractivity contribution in [2.45, 2.75) is 0 Å². The lowest BCUT2D eigenvalue weighted by Gasteiger charge is -2.18. The van der Waals surface area contributed by atoms with Crippen molar-refractivity contribution in [3.8, 4) is 23.0 Å². The molecule has 1 amide bonds. The largest absolute Gasteiger partial charge is 0.486 e. The van der Waals surface area contributed by atoms with E-state index in [1.54, 1.807) is 18.2 Å². The van der Waals surface area contributed by atoms with Crippen LogP contribution < -0.4 is 14.8 Å². The summed E-state index contributed by atoms with van der Waals surface area (Å²) in [7, 11) is 1.29. The molecule has 0 bridgehead atoms. The molecular weight excluding hydrogens is 366 g/mol. The molecule has 3 aromatic rings. The van der Waals surface area contributed by atoms with Crippen molar-refractivity contribution in [1.82, 2.24) is 10.2 Å². The number of carbonyl (C=O) groups excluding carboxylic acids is 2. The predicted molar refractivity (Wildman–Crippen MR) is 96.5 cm³/mol. The Bertz CT molecular complexity index is 1030. The highest BCUT2D eigenvalue weighted by atomic mass is 16.6. The zero-order valence-corrected chi connectivity index (χ0v) is 14.8. The average molecular weight is 381 g/mol. The number of hydrogen-bond acceptors (Lipinski definition) is 8. The van der Waals surface area contributed by atoms with Crippen molar-refractivity contribution in [3.05, 3.63) is 53.6 Å². The molecule has 2 heterocycles. The second kappa shape index (κ2) is 7.39. The lowest BCUT2D eigenvalue weighted by atomic mass is 10.1. The fraction of sp³-hybridized carbons (Fsp3) is 0.158. The number of methoxy groups -OCH3 is 1. The van der Waals surface area contributed by atoms with Crippen LogP contribution >= 0.6 is 0 Å². The second-order valence-electron chi connectivity index (χ2n) is 5.79. The normalized spacial score (nSPS) is 12.3. The highest BCUT2D eigenvalue weighted by Gasteiger charge is 2.17. The molecule has 1 aliphatic heterocycles. The van der Waals surface area contributed by atoms with Gasteiger partial charge in [0.2, 0.25) is 5.89 Å². The molecule has 0 fully saturated rings. The Kier molecular flexibility index (Phi) is 4.63. The van der Waals surface area contributed by atoms with E-state index in [-0.39, 0.29) is 11.9 Å². The maximum Gasteiger partial charge on any atom is 0.337 e. The number of fused-ring (bicyclic) bond motifs is 1. The van der Waals surface area contributed by atoms with E-state index in [0.29, 0.717) is 41.4 Å². The first-order chi connectivity index (χ1) is 13.6. The lowest BCUT2D eigenvalue weighted by Crippen LogP contribution is -2.15. The molecule has 0 aliphatic carbocycles. The van der Waals surface area contributed by atoms with Gasteiger partial charge in [-0.05, 0) is 42.5 Å². The molecule has 2 aromatic carbocycles. The van der Waals surface area contributed by atoms with E-state index in [1.165, 1.54) is 31.4 Å². The number of amides is 1. The van der Waals surface area contributed by atoms with Crippen molar-refractivity contribution in [1.29, 1.82) is 0 Å². The van der Waals surface area contributed by atoms with Crippen molar-refractivity contribution >= 4 is 17.9 Å². The molecule has 0 spiro atoms. The summed E-state index contributed by atoms with van der Waals surface area (Å²) in [6.45, 7) is 0.972. The van der Waals surface area contributed by atoms with Gasteiger partial charge in [0.15, 0.2) is 11.5 Å². The van der Waals surface area contributed by atoms with Crippen LogP contribution in [0.3, 0.4) is 0 Å². The summed E-state index contributed by atoms with van der Waals surface area (Å²) >= 11 is 0. The van der Waals surface area contributed by atoms with Crippen LogP contribution in [0.5, 0.6) is 11.5 Å². The molecule has 9 heteroatoms. The number of nitrogens with one attached hydrogen (secondary N) is 1. The summed E-state index contributed by atoms with van der Waals surface area (Å²) < 4.78 is 21.1. The predicted octanol–water partition coefficient (Wildman–Crippen LogP) is 2.55. The molecule has 0 saturated carbocycles. The third kappa shape index (κ3) is 3.50. The van der Waals surface area contributed by atoms with Gasteiger partial charge >= 0.3 is 12.0 Å². The third-order valence-electron chi connectivity index (χ3n) is 4.00. The molecule has 1 aromatic heterocycles. The summed E-state index contributed by atoms with van der Waals surface area (Å²) in [5, 5.41) is 10.3. The van der Waals surface area contributed by atoms with Gasteiger partial charge < -0.3 is 18.6 Å². The molecule has 0 saturated heterocycles. The minimum atomic E-state index is -0.479. The Morgan fingerprint density at radius 3 is 2.43 bits per heavy atom. The van der Waals surface area contributed by atoms with Gasteiger partial charge in [-0.1, -0.05) is 5.10 Å². The number of esters is 1. The van der Waals surface area contributed by atoms with Gasteiger partial charge in [-0.15, -0.1) is 5.10 Å². The maximum absolute atomic E-state index is 12.3. The average Bonchev–Trinajstić information content (AvgIpc) is 3.21. The van der Waals surface area contributed by atoms with E-state index in [4.69, 9.17) is 13.9 Å². The molecule has 1 aliphatic rings. The maximum atomic E-state index is 12.3. The van der Waals surface area contributed by atoms with Crippen LogP contribution in [-0.2, 0) is 4.74 Å². The van der Waals surface area contributed by atoms with Gasteiger partial charge in [-0.3, -0.25) is 10.1 Å². The molecule has 9 nitrogen and oxygen atoms in total. The second-order valence-corrected chi connectivity index (χ2v) is 5.79. The molecule has 4 rings (SSSR count). The zero-order valence-electron chi connectivity index (χ0n) is 14.8.